The van der Waals surface area contributed by atoms with Gasteiger partial charge in [-0.15, -0.1) is 0 Å². The van der Waals surface area contributed by atoms with Gasteiger partial charge in [-0.1, -0.05) is 109 Å². The molecule has 0 radical (unpaired) electrons. The smallest absolute Gasteiger partial charge is 0.450 e. The summed E-state index contributed by atoms with van der Waals surface area (Å²) >= 11 is 0. The van der Waals surface area contributed by atoms with Crippen LogP contribution in [0.3, 0.4) is 0 Å². The monoisotopic (exact) mass is 644 g/mol. The molecule has 2 N–H and O–H groups in total. The molecule has 6 aromatic rings. The second-order valence-electron chi connectivity index (χ2n) is 9.88. The molecule has 0 saturated carbocycles. The highest BCUT2D eigenvalue weighted by Crippen LogP contribution is 2.71. The summed E-state index contributed by atoms with van der Waals surface area (Å²) in [6.45, 7) is 0. The molecule has 230 valence electrons. The number of nitrogens with zero attached hydrogens (tertiary/aromatic N) is 4. The van der Waals surface area contributed by atoms with Crippen LogP contribution >= 0.6 is 16.9 Å². The number of rotatable bonds is 9. The summed E-state index contributed by atoms with van der Waals surface area (Å²) < 4.78 is 12.7. The van der Waals surface area contributed by atoms with Crippen LogP contribution in [-0.4, -0.2) is 16.4 Å². The molecule has 1 atom stereocenters. The normalized spacial score (nSPS) is 10.5. The van der Waals surface area contributed by atoms with Gasteiger partial charge in [0.1, 0.15) is 0 Å². The highest BCUT2D eigenvalue weighted by molar-refractivity contribution is 7.74. The number of hydrogen-bond donors (Lipinski definition) is 2. The fourth-order valence-corrected chi connectivity index (χ4v) is 9.65. The lowest BCUT2D eigenvalue weighted by atomic mass is 10.2. The number of carboxylic acid groups (broad SMARTS) is 2. The third-order valence-electron chi connectivity index (χ3n) is 6.96. The minimum Gasteiger partial charge on any atom is -0.450 e. The minimum absolute atomic E-state index is 1.04. The summed E-state index contributed by atoms with van der Waals surface area (Å²) in [4.78, 5) is 8.56. The van der Waals surface area contributed by atoms with E-state index in [1.54, 1.807) is 0 Å². The number of carbonyl (C=O) groups is 1. The van der Waals surface area contributed by atoms with Gasteiger partial charge < -0.3 is 10.2 Å². The van der Waals surface area contributed by atoms with Gasteiger partial charge in [-0.3, -0.25) is 14.0 Å². The second-order valence-corrected chi connectivity index (χ2v) is 13.1. The lowest BCUT2D eigenvalue weighted by Crippen LogP contribution is -2.35. The first kappa shape index (κ1) is 32.1. The molecule has 7 nitrogen and oxygen atoms in total. The molecule has 0 bridgehead atoms. The van der Waals surface area contributed by atoms with Crippen molar-refractivity contribution in [3.05, 3.63) is 182 Å². The third-order valence-corrected chi connectivity index (χ3v) is 11.2. The SMILES string of the molecule is O=C(O)O.PN=P(N(c1ccccc1)c1ccccc1)(N(c1ccccc1)c1ccccc1)N(c1ccccc1)c1ccccc1. The van der Waals surface area contributed by atoms with Gasteiger partial charge in [-0.05, 0) is 82.2 Å². The van der Waals surface area contributed by atoms with E-state index in [1.807, 2.05) is 0 Å². The van der Waals surface area contributed by atoms with Crippen molar-refractivity contribution < 1.29 is 15.0 Å². The second kappa shape index (κ2) is 15.6. The first-order valence-electron chi connectivity index (χ1n) is 14.5. The topological polar surface area (TPSA) is 79.6 Å². The van der Waals surface area contributed by atoms with Crippen molar-refractivity contribution in [2.45, 2.75) is 0 Å². The lowest BCUT2D eigenvalue weighted by Gasteiger charge is -2.51. The van der Waals surface area contributed by atoms with Crippen molar-refractivity contribution in [2.24, 2.45) is 4.52 Å². The predicted molar refractivity (Wildman–Crippen MR) is 195 cm³/mol. The van der Waals surface area contributed by atoms with Crippen LogP contribution in [-0.2, 0) is 0 Å². The Morgan fingerprint density at radius 2 is 0.565 bits per heavy atom. The standard InChI is InChI=1S/C36H32N4P2.CH2O3/c41-37-42(38(31-19-7-1-8-20-31)32-21-9-2-10-22-32,39(33-23-11-3-12-24-33)34-25-13-4-14-26-34)40(35-27-15-5-16-28-35)36-29-17-6-18-30-36;2-1(3)4/h1-30H,41H2;(H2,2,3,4). The van der Waals surface area contributed by atoms with Crippen LogP contribution < -0.4 is 14.0 Å². The quantitative estimate of drug-likeness (QED) is 0.153. The van der Waals surface area contributed by atoms with E-state index in [1.165, 1.54) is 0 Å². The molecule has 9 heteroatoms. The molecule has 0 heterocycles. The Morgan fingerprint density at radius 3 is 0.696 bits per heavy atom. The number of para-hydroxylation sites is 6. The van der Waals surface area contributed by atoms with Gasteiger partial charge in [-0.25, -0.2) is 9.31 Å². The number of benzene rings is 6. The zero-order valence-corrected chi connectivity index (χ0v) is 27.0. The Morgan fingerprint density at radius 1 is 0.413 bits per heavy atom. The first-order chi connectivity index (χ1) is 22.6. The number of anilines is 6. The summed E-state index contributed by atoms with van der Waals surface area (Å²) in [7, 11) is -0.268. The number of hydrogen-bond acceptors (Lipinski definition) is 2. The predicted octanol–water partition coefficient (Wildman–Crippen LogP) is 11.5. The van der Waals surface area contributed by atoms with Crippen LogP contribution in [0.4, 0.5) is 38.9 Å². The molecule has 6 rings (SSSR count). The summed E-state index contributed by atoms with van der Waals surface area (Å²) in [6, 6.07) is 63.4. The van der Waals surface area contributed by atoms with E-state index < -0.39 is 13.7 Å². The molecule has 1 unspecified atom stereocenters. The van der Waals surface area contributed by atoms with Gasteiger partial charge in [0.2, 0.25) is 0 Å². The minimum atomic E-state index is -3.05. The summed E-state index contributed by atoms with van der Waals surface area (Å²) in [5, 5.41) is 13.9. The van der Waals surface area contributed by atoms with Gasteiger partial charge in [0.15, 0.2) is 0 Å². The van der Waals surface area contributed by atoms with Crippen LogP contribution in [0.1, 0.15) is 0 Å². The maximum Gasteiger partial charge on any atom is 0.503 e. The molecular formula is C37H34N4O3P2. The van der Waals surface area contributed by atoms with Gasteiger partial charge in [0.05, 0.1) is 0 Å². The van der Waals surface area contributed by atoms with E-state index in [0.717, 1.165) is 34.1 Å². The molecule has 0 saturated heterocycles. The maximum atomic E-state index is 8.56. The maximum absolute atomic E-state index is 8.56. The van der Waals surface area contributed by atoms with Crippen molar-refractivity contribution in [3.8, 4) is 0 Å². The summed E-state index contributed by atoms with van der Waals surface area (Å²) in [6.07, 6.45) is -1.83. The summed E-state index contributed by atoms with van der Waals surface area (Å²) in [5.41, 5.74) is 6.23. The van der Waals surface area contributed by atoms with Crippen molar-refractivity contribution in [2.75, 3.05) is 14.0 Å². The molecule has 6 aromatic carbocycles. The van der Waals surface area contributed by atoms with Crippen molar-refractivity contribution >= 4 is 57.2 Å². The largest absolute Gasteiger partial charge is 0.503 e. The van der Waals surface area contributed by atoms with Gasteiger partial charge in [-0.2, -0.15) is 0 Å². The molecule has 0 aliphatic rings. The van der Waals surface area contributed by atoms with Crippen molar-refractivity contribution in [1.29, 1.82) is 0 Å². The molecule has 0 amide bonds. The van der Waals surface area contributed by atoms with Crippen LogP contribution in [0.25, 0.3) is 0 Å². The fraction of sp³-hybridized carbons (Fsp3) is 0. The van der Waals surface area contributed by atoms with E-state index in [-0.39, 0.29) is 0 Å². The molecule has 0 fully saturated rings. The van der Waals surface area contributed by atoms with E-state index in [2.05, 4.69) is 205 Å². The highest BCUT2D eigenvalue weighted by Gasteiger charge is 2.44. The van der Waals surface area contributed by atoms with Crippen LogP contribution in [0.15, 0.2) is 187 Å². The molecule has 0 aliphatic heterocycles. The molecule has 0 aliphatic carbocycles. The average molecular weight is 645 g/mol. The zero-order chi connectivity index (χ0) is 32.2. The Labute approximate surface area is 272 Å². The van der Waals surface area contributed by atoms with E-state index >= 15 is 0 Å². The van der Waals surface area contributed by atoms with Crippen molar-refractivity contribution in [3.63, 3.8) is 0 Å². The molecule has 0 aromatic heterocycles. The molecule has 0 spiro atoms. The Kier molecular flexibility index (Phi) is 10.9. The van der Waals surface area contributed by atoms with E-state index in [4.69, 9.17) is 19.5 Å². The van der Waals surface area contributed by atoms with Gasteiger partial charge in [0, 0.05) is 34.1 Å². The van der Waals surface area contributed by atoms with Crippen LogP contribution in [0, 0.1) is 0 Å². The van der Waals surface area contributed by atoms with Gasteiger partial charge in [0.25, 0.3) is 7.51 Å². The van der Waals surface area contributed by atoms with Crippen LogP contribution in [0.2, 0.25) is 0 Å². The first-order valence-corrected chi connectivity index (χ1v) is 16.6. The molecular weight excluding hydrogens is 610 g/mol. The van der Waals surface area contributed by atoms with Crippen molar-refractivity contribution in [1.82, 2.24) is 0 Å². The fourth-order valence-electron chi connectivity index (χ4n) is 5.22. The lowest BCUT2D eigenvalue weighted by molar-refractivity contribution is 0.137. The zero-order valence-electron chi connectivity index (χ0n) is 24.9. The van der Waals surface area contributed by atoms with Gasteiger partial charge >= 0.3 is 6.16 Å². The Hall–Kier alpha value is -5.35. The Bertz CT molecular complexity index is 1520. The van der Waals surface area contributed by atoms with E-state index in [0.29, 0.717) is 0 Å². The highest BCUT2D eigenvalue weighted by atomic mass is 31.2. The third kappa shape index (κ3) is 7.13. The summed E-state index contributed by atoms with van der Waals surface area (Å²) in [5.74, 6) is 0. The molecule has 46 heavy (non-hydrogen) atoms. The average Bonchev–Trinajstić information content (AvgIpc) is 3.11. The Balaban J connectivity index is 0.000000985. The van der Waals surface area contributed by atoms with Crippen LogP contribution in [0.5, 0.6) is 0 Å². The van der Waals surface area contributed by atoms with E-state index in [9.17, 15) is 0 Å².